The molecule has 1 aliphatic carbocycles. The second-order valence-corrected chi connectivity index (χ2v) is 11.5. The van der Waals surface area contributed by atoms with Crippen molar-refractivity contribution in [2.75, 3.05) is 0 Å². The molecular weight excluding hydrogens is 557 g/mol. The first-order valence-electron chi connectivity index (χ1n) is 13.0. The number of benzene rings is 3. The highest BCUT2D eigenvalue weighted by Gasteiger charge is 2.33. The van der Waals surface area contributed by atoms with Crippen molar-refractivity contribution in [1.29, 1.82) is 5.26 Å². The van der Waals surface area contributed by atoms with Gasteiger partial charge in [0, 0.05) is 20.9 Å². The highest BCUT2D eigenvalue weighted by Crippen LogP contribution is 2.42. The number of hydrogen-bond acceptors (Lipinski definition) is 7. The Morgan fingerprint density at radius 2 is 1.02 bits per heavy atom. The first kappa shape index (κ1) is 25.4. The number of fused-ring (bicyclic) bond motifs is 2. The number of nitriles is 1. The highest BCUT2D eigenvalue weighted by atomic mass is 32.1. The van der Waals surface area contributed by atoms with Crippen LogP contribution in [0.25, 0.3) is 47.0 Å². The molecule has 6 nitrogen and oxygen atoms in total. The topological polar surface area (TPSA) is 78.6 Å². The lowest BCUT2D eigenvalue weighted by Gasteiger charge is -2.20. The average molecular weight is 575 g/mol. The standard InChI is InChI=1S/C34H18N6S2/c1-36-40-30-24-15-9-8-14-23(24)29(37-20-35)33-34(30)39-32(28-19-17-26(42-28)22-12-6-3-7-13-22)31(38-33)27-18-16-25(41-27)21-10-4-2-5-11-21/h2-19H/b37-29-,40-30+. The van der Waals surface area contributed by atoms with Gasteiger partial charge in [0.1, 0.15) is 28.5 Å². The van der Waals surface area contributed by atoms with Gasteiger partial charge >= 0.3 is 0 Å². The molecule has 42 heavy (non-hydrogen) atoms. The monoisotopic (exact) mass is 574 g/mol. The Morgan fingerprint density at radius 3 is 1.52 bits per heavy atom. The van der Waals surface area contributed by atoms with E-state index in [0.29, 0.717) is 45.3 Å². The number of hydrogen-bond donors (Lipinski definition) is 0. The summed E-state index contributed by atoms with van der Waals surface area (Å²) in [6, 6.07) is 36.2. The second-order valence-electron chi connectivity index (χ2n) is 9.33. The lowest BCUT2D eigenvalue weighted by atomic mass is 9.88. The molecule has 3 heterocycles. The van der Waals surface area contributed by atoms with E-state index in [1.807, 2.05) is 66.9 Å². The van der Waals surface area contributed by atoms with Crippen LogP contribution in [0.4, 0.5) is 0 Å². The zero-order valence-corrected chi connectivity index (χ0v) is 23.5. The van der Waals surface area contributed by atoms with Crippen molar-refractivity contribution in [3.8, 4) is 48.2 Å². The number of aliphatic imine (C=N–C) groups is 1. The van der Waals surface area contributed by atoms with Crippen LogP contribution in [0.2, 0.25) is 0 Å². The summed E-state index contributed by atoms with van der Waals surface area (Å²) < 4.78 is 0. The van der Waals surface area contributed by atoms with E-state index in [1.165, 1.54) is 0 Å². The van der Waals surface area contributed by atoms with Gasteiger partial charge in [0.15, 0.2) is 5.71 Å². The fourth-order valence-corrected chi connectivity index (χ4v) is 7.02. The van der Waals surface area contributed by atoms with E-state index < -0.39 is 0 Å². The van der Waals surface area contributed by atoms with Gasteiger partial charge in [0.2, 0.25) is 6.19 Å². The maximum atomic E-state index is 9.64. The van der Waals surface area contributed by atoms with Crippen LogP contribution in [0, 0.1) is 18.0 Å². The molecule has 196 valence electrons. The summed E-state index contributed by atoms with van der Waals surface area (Å²) in [7, 11) is 0. The number of rotatable bonds is 4. The fourth-order valence-electron chi connectivity index (χ4n) is 5.02. The molecule has 0 bridgehead atoms. The van der Waals surface area contributed by atoms with Crippen LogP contribution in [-0.4, -0.2) is 21.4 Å². The predicted octanol–water partition coefficient (Wildman–Crippen LogP) is 8.57. The summed E-state index contributed by atoms with van der Waals surface area (Å²) in [5, 5.41) is 13.8. The van der Waals surface area contributed by atoms with E-state index in [1.54, 1.807) is 22.7 Å². The SMILES string of the molecule is [C-]#[N+]/N=C1\c2ccccc2/C(=N/C#N)c2nc(-c3ccc(-c4ccccc4)s3)c(-c3ccc(-c4ccccc4)s3)nc21. The van der Waals surface area contributed by atoms with Crippen molar-refractivity contribution in [3.63, 3.8) is 0 Å². The van der Waals surface area contributed by atoms with Gasteiger partial charge in [-0.1, -0.05) is 84.9 Å². The van der Waals surface area contributed by atoms with Crippen molar-refractivity contribution < 1.29 is 0 Å². The second kappa shape index (κ2) is 10.8. The Balaban J connectivity index is 1.49. The average Bonchev–Trinajstić information content (AvgIpc) is 3.74. The third kappa shape index (κ3) is 4.42. The molecular formula is C34H18N6S2. The van der Waals surface area contributed by atoms with Gasteiger partial charge in [-0.05, 0) is 35.4 Å². The summed E-state index contributed by atoms with van der Waals surface area (Å²) in [6.45, 7) is 7.54. The van der Waals surface area contributed by atoms with Gasteiger partial charge in [0.25, 0.3) is 0 Å². The van der Waals surface area contributed by atoms with E-state index in [2.05, 4.69) is 63.6 Å². The quantitative estimate of drug-likeness (QED) is 0.120. The van der Waals surface area contributed by atoms with Crippen LogP contribution < -0.4 is 0 Å². The Kier molecular flexibility index (Phi) is 6.54. The third-order valence-corrected chi connectivity index (χ3v) is 9.17. The molecule has 0 saturated carbocycles. The molecule has 3 aromatic carbocycles. The van der Waals surface area contributed by atoms with Crippen molar-refractivity contribution in [2.24, 2.45) is 10.1 Å². The van der Waals surface area contributed by atoms with E-state index in [0.717, 1.165) is 30.6 Å². The largest absolute Gasteiger partial charge is 0.241 e. The van der Waals surface area contributed by atoms with E-state index in [9.17, 15) is 5.26 Å². The van der Waals surface area contributed by atoms with Crippen LogP contribution in [0.5, 0.6) is 0 Å². The van der Waals surface area contributed by atoms with Crippen LogP contribution in [0.15, 0.2) is 119 Å². The minimum atomic E-state index is 0.420. The Labute approximate surface area is 250 Å². The summed E-state index contributed by atoms with van der Waals surface area (Å²) in [5.74, 6) is 0. The maximum Gasteiger partial charge on any atom is 0.206 e. The summed E-state index contributed by atoms with van der Waals surface area (Å²) in [6.07, 6.45) is 1.94. The molecule has 0 spiro atoms. The lowest BCUT2D eigenvalue weighted by Crippen LogP contribution is -2.25. The molecule has 6 aromatic rings. The summed E-state index contributed by atoms with van der Waals surface area (Å²) in [5.41, 5.74) is 6.73. The predicted molar refractivity (Wildman–Crippen MR) is 169 cm³/mol. The van der Waals surface area contributed by atoms with Crippen LogP contribution in [0.1, 0.15) is 22.5 Å². The van der Waals surface area contributed by atoms with Crippen LogP contribution in [0.3, 0.4) is 0 Å². The summed E-state index contributed by atoms with van der Waals surface area (Å²) >= 11 is 3.26. The molecule has 0 radical (unpaired) electrons. The first-order valence-corrected chi connectivity index (χ1v) is 14.6. The van der Waals surface area contributed by atoms with E-state index in [4.69, 9.17) is 16.5 Å². The summed E-state index contributed by atoms with van der Waals surface area (Å²) in [4.78, 5) is 22.0. The Bertz CT molecular complexity index is 1960. The minimum Gasteiger partial charge on any atom is -0.241 e. The minimum absolute atomic E-state index is 0.420. The molecule has 1 aliphatic rings. The molecule has 0 saturated heterocycles. The maximum absolute atomic E-state index is 9.64. The molecule has 0 fully saturated rings. The molecule has 3 aromatic heterocycles. The highest BCUT2D eigenvalue weighted by molar-refractivity contribution is 7.19. The molecule has 0 atom stereocenters. The molecule has 0 aliphatic heterocycles. The smallest absolute Gasteiger partial charge is 0.206 e. The third-order valence-electron chi connectivity index (χ3n) is 6.89. The van der Waals surface area contributed by atoms with Crippen molar-refractivity contribution in [1.82, 2.24) is 9.97 Å². The van der Waals surface area contributed by atoms with E-state index in [-0.39, 0.29) is 0 Å². The van der Waals surface area contributed by atoms with Gasteiger partial charge < -0.3 is 0 Å². The van der Waals surface area contributed by atoms with Crippen LogP contribution >= 0.6 is 22.7 Å². The van der Waals surface area contributed by atoms with Crippen LogP contribution in [-0.2, 0) is 0 Å². The van der Waals surface area contributed by atoms with Crippen molar-refractivity contribution in [2.45, 2.75) is 0 Å². The van der Waals surface area contributed by atoms with Gasteiger partial charge in [-0.25, -0.2) is 9.97 Å². The van der Waals surface area contributed by atoms with Gasteiger partial charge in [-0.3, -0.25) is 0 Å². The van der Waals surface area contributed by atoms with Crippen molar-refractivity contribution >= 4 is 34.1 Å². The zero-order valence-electron chi connectivity index (χ0n) is 21.9. The molecule has 0 unspecified atom stereocenters. The number of nitrogens with zero attached hydrogens (tertiary/aromatic N) is 6. The number of thiophene rings is 2. The zero-order chi connectivity index (χ0) is 28.5. The van der Waals surface area contributed by atoms with Crippen molar-refractivity contribution in [3.05, 3.63) is 143 Å². The van der Waals surface area contributed by atoms with Gasteiger partial charge in [-0.15, -0.1) is 27.6 Å². The fraction of sp³-hybridized carbons (Fsp3) is 0. The Morgan fingerprint density at radius 1 is 0.571 bits per heavy atom. The van der Waals surface area contributed by atoms with Gasteiger partial charge in [0.05, 0.1) is 14.9 Å². The molecule has 8 heteroatoms. The molecule has 0 N–H and O–H groups in total. The van der Waals surface area contributed by atoms with Gasteiger partial charge in [-0.2, -0.15) is 16.8 Å². The first-order chi connectivity index (χ1) is 20.7. The number of aromatic nitrogens is 2. The lowest BCUT2D eigenvalue weighted by molar-refractivity contribution is 1.16. The molecule has 7 rings (SSSR count). The Hall–Kier alpha value is -5.54. The molecule has 0 amide bonds. The van der Waals surface area contributed by atoms with E-state index >= 15 is 0 Å². The normalized spacial score (nSPS) is 13.8.